The predicted octanol–water partition coefficient (Wildman–Crippen LogP) is 7.89. The van der Waals surface area contributed by atoms with Crippen LogP contribution in [0.4, 0.5) is 30.4 Å². The van der Waals surface area contributed by atoms with Crippen LogP contribution in [0.1, 0.15) is 49.3 Å². The van der Waals surface area contributed by atoms with Crippen LogP contribution < -0.4 is 16.0 Å². The van der Waals surface area contributed by atoms with Crippen LogP contribution >= 0.6 is 0 Å². The summed E-state index contributed by atoms with van der Waals surface area (Å²) in [6, 6.07) is 14.7. The molecule has 0 radical (unpaired) electrons. The van der Waals surface area contributed by atoms with Crippen LogP contribution in [0.2, 0.25) is 0 Å². The van der Waals surface area contributed by atoms with E-state index in [1.807, 2.05) is 11.0 Å². The number of pyridine rings is 1. The topological polar surface area (TPSA) is 54.2 Å². The molecule has 4 rings (SSSR count). The SMILES string of the molecule is C=C1CCc2ccc(NC(=C)N(CCCCC)c3nc(-c4cccc(C(F)(F)F)c4)ccc3N)cc21. The Hall–Kier alpha value is -3.74. The molecule has 3 aromatic rings. The third kappa shape index (κ3) is 5.56. The lowest BCUT2D eigenvalue weighted by atomic mass is 10.1. The molecule has 0 saturated heterocycles. The maximum atomic E-state index is 13.3. The van der Waals surface area contributed by atoms with E-state index in [9.17, 15) is 13.2 Å². The number of allylic oxidation sites excluding steroid dienone is 1. The van der Waals surface area contributed by atoms with Crippen LogP contribution in [0.3, 0.4) is 0 Å². The fraction of sp³-hybridized carbons (Fsp3) is 0.276. The average Bonchev–Trinajstić information content (AvgIpc) is 3.22. The van der Waals surface area contributed by atoms with Gasteiger partial charge in [-0.3, -0.25) is 0 Å². The smallest absolute Gasteiger partial charge is 0.396 e. The zero-order chi connectivity index (χ0) is 25.9. The first-order valence-corrected chi connectivity index (χ1v) is 12.2. The van der Waals surface area contributed by atoms with Crippen molar-refractivity contribution in [1.82, 2.24) is 4.98 Å². The van der Waals surface area contributed by atoms with E-state index in [1.54, 1.807) is 18.2 Å². The number of nitrogens with zero attached hydrogens (tertiary/aromatic N) is 2. The van der Waals surface area contributed by atoms with Gasteiger partial charge in [-0.15, -0.1) is 0 Å². The van der Waals surface area contributed by atoms with Gasteiger partial charge >= 0.3 is 6.18 Å². The normalized spacial score (nSPS) is 12.9. The first kappa shape index (κ1) is 25.4. The van der Waals surface area contributed by atoms with Crippen LogP contribution in [0.25, 0.3) is 16.8 Å². The summed E-state index contributed by atoms with van der Waals surface area (Å²) in [5.74, 6) is 1.05. The molecule has 188 valence electrons. The zero-order valence-corrected chi connectivity index (χ0v) is 20.5. The molecule has 0 bridgehead atoms. The molecule has 0 saturated carbocycles. The number of alkyl halides is 3. The average molecular weight is 493 g/mol. The molecule has 0 unspecified atom stereocenters. The van der Waals surface area contributed by atoms with Crippen molar-refractivity contribution in [2.75, 3.05) is 22.5 Å². The summed E-state index contributed by atoms with van der Waals surface area (Å²) in [4.78, 5) is 6.60. The third-order valence-corrected chi connectivity index (χ3v) is 6.43. The van der Waals surface area contributed by atoms with Crippen LogP contribution in [0.5, 0.6) is 0 Å². The van der Waals surface area contributed by atoms with Gasteiger partial charge in [0.2, 0.25) is 0 Å². The number of nitrogens with one attached hydrogen (secondary N) is 1. The number of rotatable bonds is 9. The van der Waals surface area contributed by atoms with Crippen LogP contribution in [-0.4, -0.2) is 11.5 Å². The largest absolute Gasteiger partial charge is 0.416 e. The Morgan fingerprint density at radius 1 is 1.08 bits per heavy atom. The quantitative estimate of drug-likeness (QED) is 0.298. The Labute approximate surface area is 210 Å². The minimum Gasteiger partial charge on any atom is -0.396 e. The van der Waals surface area contributed by atoms with E-state index in [0.717, 1.165) is 61.1 Å². The molecule has 1 aliphatic rings. The summed E-state index contributed by atoms with van der Waals surface area (Å²) < 4.78 is 39.8. The fourth-order valence-corrected chi connectivity index (χ4v) is 4.44. The molecule has 1 heterocycles. The molecule has 0 aliphatic heterocycles. The Kier molecular flexibility index (Phi) is 7.38. The minimum atomic E-state index is -4.43. The van der Waals surface area contributed by atoms with Gasteiger partial charge in [0.1, 0.15) is 5.82 Å². The molecule has 0 fully saturated rings. The van der Waals surface area contributed by atoms with Gasteiger partial charge in [0.25, 0.3) is 0 Å². The number of halogens is 3. The van der Waals surface area contributed by atoms with Gasteiger partial charge in [-0.1, -0.05) is 51.1 Å². The van der Waals surface area contributed by atoms with E-state index < -0.39 is 11.7 Å². The molecule has 36 heavy (non-hydrogen) atoms. The highest BCUT2D eigenvalue weighted by Crippen LogP contribution is 2.35. The highest BCUT2D eigenvalue weighted by molar-refractivity contribution is 5.76. The number of nitrogen functional groups attached to an aromatic ring is 1. The standard InChI is InChI=1S/C29H31F3N4/c1-4-5-6-16-36(20(3)34-24-13-12-21-11-10-19(2)25(21)18-24)28-26(33)14-15-27(35-28)22-8-7-9-23(17-22)29(30,31)32/h7-9,12-15,17-18,34H,2-6,10-11,16,33H2,1H3. The van der Waals surface area contributed by atoms with Crippen LogP contribution in [0.15, 0.2) is 73.6 Å². The number of aryl methyl sites for hydroxylation is 1. The summed E-state index contributed by atoms with van der Waals surface area (Å²) in [7, 11) is 0. The van der Waals surface area contributed by atoms with Crippen molar-refractivity contribution in [1.29, 1.82) is 0 Å². The van der Waals surface area contributed by atoms with Gasteiger partial charge < -0.3 is 16.0 Å². The summed E-state index contributed by atoms with van der Waals surface area (Å²) in [5.41, 5.74) is 11.3. The fourth-order valence-electron chi connectivity index (χ4n) is 4.44. The van der Waals surface area contributed by atoms with E-state index in [-0.39, 0.29) is 0 Å². The number of benzene rings is 2. The Balaban J connectivity index is 1.66. The lowest BCUT2D eigenvalue weighted by Gasteiger charge is -2.28. The van der Waals surface area contributed by atoms with Gasteiger partial charge in [-0.2, -0.15) is 13.2 Å². The van der Waals surface area contributed by atoms with E-state index >= 15 is 0 Å². The zero-order valence-electron chi connectivity index (χ0n) is 20.5. The van der Waals surface area contributed by atoms with Crippen molar-refractivity contribution in [3.63, 3.8) is 0 Å². The molecule has 0 amide bonds. The maximum absolute atomic E-state index is 13.3. The molecular formula is C29H31F3N4. The van der Waals surface area contributed by atoms with E-state index in [4.69, 9.17) is 10.7 Å². The van der Waals surface area contributed by atoms with E-state index in [2.05, 4.69) is 37.5 Å². The number of unbranched alkanes of at least 4 members (excludes halogenated alkanes) is 2. The molecule has 4 nitrogen and oxygen atoms in total. The molecule has 2 aromatic carbocycles. The monoisotopic (exact) mass is 492 g/mol. The number of hydrogen-bond donors (Lipinski definition) is 2. The molecule has 7 heteroatoms. The van der Waals surface area contributed by atoms with Crippen LogP contribution in [0, 0.1) is 0 Å². The highest BCUT2D eigenvalue weighted by atomic mass is 19.4. The van der Waals surface area contributed by atoms with Crippen molar-refractivity contribution in [2.45, 2.75) is 45.2 Å². The summed E-state index contributed by atoms with van der Waals surface area (Å²) in [5, 5.41) is 3.38. The maximum Gasteiger partial charge on any atom is 0.416 e. The predicted molar refractivity (Wildman–Crippen MR) is 143 cm³/mol. The first-order chi connectivity index (χ1) is 17.2. The van der Waals surface area contributed by atoms with Crippen molar-refractivity contribution in [3.05, 3.63) is 90.3 Å². The van der Waals surface area contributed by atoms with Gasteiger partial charge in [-0.05, 0) is 72.4 Å². The Morgan fingerprint density at radius 3 is 2.64 bits per heavy atom. The number of aromatic nitrogens is 1. The second-order valence-electron chi connectivity index (χ2n) is 9.09. The second-order valence-corrected chi connectivity index (χ2v) is 9.09. The van der Waals surface area contributed by atoms with Crippen LogP contribution in [-0.2, 0) is 12.6 Å². The first-order valence-electron chi connectivity index (χ1n) is 12.2. The second kappa shape index (κ2) is 10.5. The molecule has 1 aromatic heterocycles. The lowest BCUT2D eigenvalue weighted by Crippen LogP contribution is -2.29. The molecule has 0 spiro atoms. The number of anilines is 3. The van der Waals surface area contributed by atoms with Gasteiger partial charge in [0.05, 0.1) is 16.9 Å². The van der Waals surface area contributed by atoms with Crippen molar-refractivity contribution in [3.8, 4) is 11.3 Å². The summed E-state index contributed by atoms with van der Waals surface area (Å²) in [6.07, 6.45) is 0.460. The van der Waals surface area contributed by atoms with Gasteiger partial charge in [0.15, 0.2) is 5.82 Å². The number of fused-ring (bicyclic) bond motifs is 1. The van der Waals surface area contributed by atoms with Crippen molar-refractivity contribution < 1.29 is 13.2 Å². The summed E-state index contributed by atoms with van der Waals surface area (Å²) in [6.45, 7) is 11.2. The number of hydrogen-bond acceptors (Lipinski definition) is 4. The van der Waals surface area contributed by atoms with E-state index in [1.165, 1.54) is 11.6 Å². The van der Waals surface area contributed by atoms with Crippen molar-refractivity contribution >= 4 is 22.8 Å². The molecular weight excluding hydrogens is 461 g/mol. The Morgan fingerprint density at radius 2 is 1.89 bits per heavy atom. The molecule has 3 N–H and O–H groups in total. The summed E-state index contributed by atoms with van der Waals surface area (Å²) >= 11 is 0. The van der Waals surface area contributed by atoms with E-state index in [0.29, 0.717) is 35.1 Å². The molecule has 0 atom stereocenters. The lowest BCUT2D eigenvalue weighted by molar-refractivity contribution is -0.137. The minimum absolute atomic E-state index is 0.371. The van der Waals surface area contributed by atoms with Gasteiger partial charge in [0, 0.05) is 17.8 Å². The van der Waals surface area contributed by atoms with Crippen molar-refractivity contribution in [2.24, 2.45) is 0 Å². The third-order valence-electron chi connectivity index (χ3n) is 6.43. The highest BCUT2D eigenvalue weighted by Gasteiger charge is 2.30. The number of nitrogens with two attached hydrogens (primary N) is 1. The van der Waals surface area contributed by atoms with Gasteiger partial charge in [-0.25, -0.2) is 4.98 Å². The Bertz CT molecular complexity index is 1280. The molecule has 1 aliphatic carbocycles.